The Hall–Kier alpha value is -3.08. The summed E-state index contributed by atoms with van der Waals surface area (Å²) in [6, 6.07) is 14.4. The normalized spacial score (nSPS) is 12.5. The fraction of sp³-hybridized carbons (Fsp3) is 0.158. The molecule has 1 N–H and O–H groups in total. The van der Waals surface area contributed by atoms with E-state index < -0.39 is 0 Å². The van der Waals surface area contributed by atoms with Crippen LogP contribution in [-0.2, 0) is 4.79 Å². The van der Waals surface area contributed by atoms with Crippen LogP contribution in [0, 0.1) is 0 Å². The lowest BCUT2D eigenvalue weighted by Gasteiger charge is -2.17. The molecule has 0 aliphatic carbocycles. The standard InChI is InChI=1S/C19H18N2O3/c1-21(2)19(23)14-7-5-8-16(11-14)20-18(22)15-10-13-6-3-4-9-17(13)24-12-15/h3-11H,12H2,1-2H3,(H,20,22). The van der Waals surface area contributed by atoms with E-state index in [1.165, 1.54) is 4.90 Å². The first-order valence-corrected chi connectivity index (χ1v) is 7.60. The van der Waals surface area contributed by atoms with Crippen molar-refractivity contribution in [1.82, 2.24) is 4.90 Å². The third-order valence-electron chi connectivity index (χ3n) is 3.70. The number of nitrogens with one attached hydrogen (secondary N) is 1. The molecule has 1 aliphatic rings. The van der Waals surface area contributed by atoms with Crippen LogP contribution in [0.25, 0.3) is 6.08 Å². The van der Waals surface area contributed by atoms with Gasteiger partial charge >= 0.3 is 0 Å². The molecule has 2 amide bonds. The first kappa shape index (κ1) is 15.8. The number of benzene rings is 2. The number of fused-ring (bicyclic) bond motifs is 1. The minimum absolute atomic E-state index is 0.111. The Morgan fingerprint density at radius 1 is 1.08 bits per heavy atom. The molecule has 0 radical (unpaired) electrons. The van der Waals surface area contributed by atoms with Crippen LogP contribution in [0.2, 0.25) is 0 Å². The van der Waals surface area contributed by atoms with Crippen LogP contribution in [-0.4, -0.2) is 37.4 Å². The average Bonchev–Trinajstić information content (AvgIpc) is 2.60. The van der Waals surface area contributed by atoms with Gasteiger partial charge in [0.2, 0.25) is 0 Å². The van der Waals surface area contributed by atoms with E-state index in [4.69, 9.17) is 4.74 Å². The minimum Gasteiger partial charge on any atom is -0.488 e. The molecule has 0 unspecified atom stereocenters. The second-order valence-corrected chi connectivity index (χ2v) is 5.73. The smallest absolute Gasteiger partial charge is 0.255 e. The van der Waals surface area contributed by atoms with Crippen LogP contribution in [0.15, 0.2) is 54.1 Å². The SMILES string of the molecule is CN(C)C(=O)c1cccc(NC(=O)C2=Cc3ccccc3OC2)c1. The van der Waals surface area contributed by atoms with Gasteiger partial charge in [0.1, 0.15) is 12.4 Å². The van der Waals surface area contributed by atoms with E-state index in [-0.39, 0.29) is 18.4 Å². The molecule has 0 bridgehead atoms. The average molecular weight is 322 g/mol. The summed E-state index contributed by atoms with van der Waals surface area (Å²) >= 11 is 0. The summed E-state index contributed by atoms with van der Waals surface area (Å²) < 4.78 is 5.60. The Kier molecular flexibility index (Phi) is 4.33. The Balaban J connectivity index is 1.78. The van der Waals surface area contributed by atoms with Gasteiger partial charge in [0.05, 0.1) is 5.57 Å². The van der Waals surface area contributed by atoms with Gasteiger partial charge in [-0.1, -0.05) is 24.3 Å². The molecule has 122 valence electrons. The molecule has 5 heteroatoms. The molecule has 0 saturated heterocycles. The minimum atomic E-state index is -0.237. The lowest BCUT2D eigenvalue weighted by atomic mass is 10.1. The highest BCUT2D eigenvalue weighted by Crippen LogP contribution is 2.26. The number of amides is 2. The van der Waals surface area contributed by atoms with E-state index in [0.717, 1.165) is 11.3 Å². The van der Waals surface area contributed by atoms with E-state index in [2.05, 4.69) is 5.32 Å². The molecule has 3 rings (SSSR count). The van der Waals surface area contributed by atoms with Crippen LogP contribution in [0.3, 0.4) is 0 Å². The molecule has 0 aromatic heterocycles. The van der Waals surface area contributed by atoms with Crippen molar-refractivity contribution in [2.45, 2.75) is 0 Å². The van der Waals surface area contributed by atoms with Crippen molar-refractivity contribution >= 4 is 23.6 Å². The first-order chi connectivity index (χ1) is 11.5. The van der Waals surface area contributed by atoms with E-state index in [1.807, 2.05) is 30.3 Å². The van der Waals surface area contributed by atoms with Gasteiger partial charge in [-0.25, -0.2) is 0 Å². The maximum absolute atomic E-state index is 12.4. The van der Waals surface area contributed by atoms with Crippen LogP contribution >= 0.6 is 0 Å². The zero-order valence-corrected chi connectivity index (χ0v) is 13.6. The number of rotatable bonds is 3. The molecule has 5 nitrogen and oxygen atoms in total. The summed E-state index contributed by atoms with van der Waals surface area (Å²) in [5.41, 5.74) is 2.52. The zero-order chi connectivity index (χ0) is 17.1. The summed E-state index contributed by atoms with van der Waals surface area (Å²) in [5, 5.41) is 2.82. The zero-order valence-electron chi connectivity index (χ0n) is 13.6. The predicted molar refractivity (Wildman–Crippen MR) is 93.0 cm³/mol. The van der Waals surface area contributed by atoms with E-state index in [1.54, 1.807) is 38.4 Å². The molecule has 0 fully saturated rings. The molecule has 0 spiro atoms. The quantitative estimate of drug-likeness (QED) is 0.945. The highest BCUT2D eigenvalue weighted by Gasteiger charge is 2.17. The molecule has 2 aromatic carbocycles. The van der Waals surface area contributed by atoms with Gasteiger partial charge in [0.25, 0.3) is 11.8 Å². The number of ether oxygens (including phenoxy) is 1. The van der Waals surface area contributed by atoms with E-state index >= 15 is 0 Å². The van der Waals surface area contributed by atoms with Crippen LogP contribution in [0.5, 0.6) is 5.75 Å². The van der Waals surface area contributed by atoms with Gasteiger partial charge in [-0.15, -0.1) is 0 Å². The van der Waals surface area contributed by atoms with Crippen molar-refractivity contribution in [3.8, 4) is 5.75 Å². The van der Waals surface area contributed by atoms with Crippen molar-refractivity contribution in [1.29, 1.82) is 0 Å². The van der Waals surface area contributed by atoms with Crippen molar-refractivity contribution < 1.29 is 14.3 Å². The van der Waals surface area contributed by atoms with Crippen molar-refractivity contribution in [2.24, 2.45) is 0 Å². The predicted octanol–water partition coefficient (Wildman–Crippen LogP) is 2.80. The summed E-state index contributed by atoms with van der Waals surface area (Å²) in [5.74, 6) is 0.423. The molecule has 2 aromatic rings. The fourth-order valence-electron chi connectivity index (χ4n) is 2.45. The number of carbonyl (C=O) groups is 2. The van der Waals surface area contributed by atoms with Gasteiger partial charge in [-0.2, -0.15) is 0 Å². The highest BCUT2D eigenvalue weighted by atomic mass is 16.5. The molecule has 0 atom stereocenters. The summed E-state index contributed by atoms with van der Waals surface area (Å²) in [6.45, 7) is 0.221. The number of hydrogen-bond donors (Lipinski definition) is 1. The number of hydrogen-bond acceptors (Lipinski definition) is 3. The molecule has 0 saturated carbocycles. The van der Waals surface area contributed by atoms with E-state index in [9.17, 15) is 9.59 Å². The molecular formula is C19H18N2O3. The molecule has 24 heavy (non-hydrogen) atoms. The fourth-order valence-corrected chi connectivity index (χ4v) is 2.45. The van der Waals surface area contributed by atoms with Gasteiger partial charge in [-0.05, 0) is 30.3 Å². The molecule has 1 aliphatic heterocycles. The third-order valence-corrected chi connectivity index (χ3v) is 3.70. The van der Waals surface area contributed by atoms with Gasteiger partial charge in [0.15, 0.2) is 0 Å². The van der Waals surface area contributed by atoms with Gasteiger partial charge < -0.3 is 15.0 Å². The second kappa shape index (κ2) is 6.58. The Morgan fingerprint density at radius 3 is 2.67 bits per heavy atom. The number of carbonyl (C=O) groups excluding carboxylic acids is 2. The van der Waals surface area contributed by atoms with Crippen molar-refractivity contribution in [3.63, 3.8) is 0 Å². The Bertz CT molecular complexity index is 825. The Labute approximate surface area is 140 Å². The summed E-state index contributed by atoms with van der Waals surface area (Å²) in [4.78, 5) is 25.9. The maximum Gasteiger partial charge on any atom is 0.255 e. The largest absolute Gasteiger partial charge is 0.488 e. The van der Waals surface area contributed by atoms with Crippen molar-refractivity contribution in [3.05, 3.63) is 65.2 Å². The third kappa shape index (κ3) is 3.30. The van der Waals surface area contributed by atoms with Crippen LogP contribution in [0.1, 0.15) is 15.9 Å². The lowest BCUT2D eigenvalue weighted by molar-refractivity contribution is -0.113. The number of anilines is 1. The number of nitrogens with zero attached hydrogens (tertiary/aromatic N) is 1. The topological polar surface area (TPSA) is 58.6 Å². The van der Waals surface area contributed by atoms with Crippen LogP contribution < -0.4 is 10.1 Å². The summed E-state index contributed by atoms with van der Waals surface area (Å²) in [7, 11) is 3.38. The van der Waals surface area contributed by atoms with Gasteiger partial charge in [-0.3, -0.25) is 9.59 Å². The highest BCUT2D eigenvalue weighted by molar-refractivity contribution is 6.08. The van der Waals surface area contributed by atoms with Crippen LogP contribution in [0.4, 0.5) is 5.69 Å². The van der Waals surface area contributed by atoms with Crippen molar-refractivity contribution in [2.75, 3.05) is 26.0 Å². The summed E-state index contributed by atoms with van der Waals surface area (Å²) in [6.07, 6.45) is 1.82. The maximum atomic E-state index is 12.4. The number of para-hydroxylation sites is 1. The second-order valence-electron chi connectivity index (χ2n) is 5.73. The molecule has 1 heterocycles. The lowest BCUT2D eigenvalue weighted by Crippen LogP contribution is -2.23. The van der Waals surface area contributed by atoms with Gasteiger partial charge in [0, 0.05) is 30.9 Å². The molecular weight excluding hydrogens is 304 g/mol. The monoisotopic (exact) mass is 322 g/mol. The first-order valence-electron chi connectivity index (χ1n) is 7.60. The Morgan fingerprint density at radius 2 is 1.88 bits per heavy atom. The van der Waals surface area contributed by atoms with E-state index in [0.29, 0.717) is 16.8 Å².